The molecule has 0 amide bonds. The fourth-order valence-electron chi connectivity index (χ4n) is 0.719. The van der Waals surface area contributed by atoms with Crippen molar-refractivity contribution < 1.29 is 8.78 Å². The van der Waals surface area contributed by atoms with E-state index in [9.17, 15) is 8.78 Å². The molecule has 1 unspecified atom stereocenters. The highest BCUT2D eigenvalue weighted by Gasteiger charge is 2.13. The predicted octanol–water partition coefficient (Wildman–Crippen LogP) is 3.60. The third-order valence-corrected chi connectivity index (χ3v) is 1.89. The molecular formula is C7H4BrClF2. The highest BCUT2D eigenvalue weighted by atomic mass is 79.9. The minimum atomic E-state index is -0.816. The SMILES string of the molecule is Fc1cccc(F)c1C(Cl)Br. The van der Waals surface area contributed by atoms with E-state index in [4.69, 9.17) is 11.6 Å². The van der Waals surface area contributed by atoms with Gasteiger partial charge in [-0.25, -0.2) is 8.78 Å². The van der Waals surface area contributed by atoms with Crippen molar-refractivity contribution in [3.63, 3.8) is 0 Å². The first-order valence-electron chi connectivity index (χ1n) is 2.85. The Balaban J connectivity index is 3.21. The molecule has 60 valence electrons. The highest BCUT2D eigenvalue weighted by molar-refractivity contribution is 9.09. The number of halogens is 4. The predicted molar refractivity (Wildman–Crippen MR) is 43.9 cm³/mol. The molecule has 1 rings (SSSR count). The summed E-state index contributed by atoms with van der Waals surface area (Å²) in [5, 5.41) is 0. The van der Waals surface area contributed by atoms with E-state index in [1.807, 2.05) is 0 Å². The summed E-state index contributed by atoms with van der Waals surface area (Å²) in [6.45, 7) is 0. The Hall–Kier alpha value is -0.150. The van der Waals surface area contributed by atoms with Crippen LogP contribution in [0.15, 0.2) is 18.2 Å². The second-order valence-electron chi connectivity index (χ2n) is 1.94. The molecule has 0 aromatic heterocycles. The molecular weight excluding hydrogens is 237 g/mol. The lowest BCUT2D eigenvalue weighted by Gasteiger charge is -2.03. The first-order valence-corrected chi connectivity index (χ1v) is 4.20. The van der Waals surface area contributed by atoms with E-state index in [0.29, 0.717) is 0 Å². The summed E-state index contributed by atoms with van der Waals surface area (Å²) in [7, 11) is 0. The standard InChI is InChI=1S/C7H4BrClF2/c8-7(9)6-4(10)2-1-3-5(6)11/h1-3,7H. The first-order chi connectivity index (χ1) is 5.13. The minimum Gasteiger partial charge on any atom is -0.207 e. The van der Waals surface area contributed by atoms with Gasteiger partial charge in [-0.2, -0.15) is 0 Å². The van der Waals surface area contributed by atoms with E-state index in [2.05, 4.69) is 15.9 Å². The smallest absolute Gasteiger partial charge is 0.131 e. The van der Waals surface area contributed by atoms with Crippen LogP contribution < -0.4 is 0 Å². The number of hydrogen-bond donors (Lipinski definition) is 0. The van der Waals surface area contributed by atoms with Crippen molar-refractivity contribution >= 4 is 27.5 Å². The third-order valence-electron chi connectivity index (χ3n) is 1.22. The number of alkyl halides is 2. The lowest BCUT2D eigenvalue weighted by Crippen LogP contribution is -1.92. The molecule has 4 heteroatoms. The zero-order chi connectivity index (χ0) is 8.43. The summed E-state index contributed by atoms with van der Waals surface area (Å²) in [4.78, 5) is 0. The second-order valence-corrected chi connectivity index (χ2v) is 3.82. The van der Waals surface area contributed by atoms with Crippen LogP contribution in [-0.2, 0) is 0 Å². The average molecular weight is 241 g/mol. The van der Waals surface area contributed by atoms with Gasteiger partial charge in [-0.05, 0) is 12.1 Å². The fraction of sp³-hybridized carbons (Fsp3) is 0.143. The monoisotopic (exact) mass is 240 g/mol. The van der Waals surface area contributed by atoms with Gasteiger partial charge in [-0.1, -0.05) is 22.0 Å². The third kappa shape index (κ3) is 1.91. The molecule has 1 aromatic carbocycles. The average Bonchev–Trinajstić information content (AvgIpc) is 1.85. The van der Waals surface area contributed by atoms with Gasteiger partial charge in [-0.3, -0.25) is 0 Å². The largest absolute Gasteiger partial charge is 0.207 e. The van der Waals surface area contributed by atoms with Crippen molar-refractivity contribution in [1.29, 1.82) is 0 Å². The van der Waals surface area contributed by atoms with E-state index < -0.39 is 15.9 Å². The van der Waals surface area contributed by atoms with Crippen LogP contribution in [0, 0.1) is 11.6 Å². The van der Waals surface area contributed by atoms with Crippen LogP contribution in [0.3, 0.4) is 0 Å². The van der Waals surface area contributed by atoms with Crippen LogP contribution in [0.25, 0.3) is 0 Å². The van der Waals surface area contributed by atoms with Crippen molar-refractivity contribution in [3.05, 3.63) is 35.4 Å². The van der Waals surface area contributed by atoms with Gasteiger partial charge in [0, 0.05) is 0 Å². The summed E-state index contributed by atoms with van der Waals surface area (Å²) in [5.41, 5.74) is -0.144. The molecule has 1 aromatic rings. The Morgan fingerprint density at radius 2 is 1.73 bits per heavy atom. The lowest BCUT2D eigenvalue weighted by atomic mass is 10.2. The van der Waals surface area contributed by atoms with E-state index in [1.165, 1.54) is 6.07 Å². The van der Waals surface area contributed by atoms with Gasteiger partial charge in [0.15, 0.2) is 0 Å². The fourth-order valence-corrected chi connectivity index (χ4v) is 1.37. The molecule has 0 radical (unpaired) electrons. The molecule has 0 fully saturated rings. The maximum Gasteiger partial charge on any atom is 0.131 e. The van der Waals surface area contributed by atoms with Gasteiger partial charge in [0.25, 0.3) is 0 Å². The topological polar surface area (TPSA) is 0 Å². The highest BCUT2D eigenvalue weighted by Crippen LogP contribution is 2.30. The van der Waals surface area contributed by atoms with E-state index in [1.54, 1.807) is 0 Å². The molecule has 0 heterocycles. The van der Waals surface area contributed by atoms with Crippen LogP contribution in [0.2, 0.25) is 0 Å². The van der Waals surface area contributed by atoms with Crippen LogP contribution >= 0.6 is 27.5 Å². The summed E-state index contributed by atoms with van der Waals surface area (Å²) in [6.07, 6.45) is 0. The summed E-state index contributed by atoms with van der Waals surface area (Å²) < 4.78 is 24.7. The van der Waals surface area contributed by atoms with Crippen LogP contribution in [-0.4, -0.2) is 0 Å². The summed E-state index contributed by atoms with van der Waals surface area (Å²) >= 11 is 8.32. The Bertz CT molecular complexity index is 242. The van der Waals surface area contributed by atoms with E-state index in [-0.39, 0.29) is 5.56 Å². The van der Waals surface area contributed by atoms with E-state index in [0.717, 1.165) is 12.1 Å². The molecule has 1 atom stereocenters. The Morgan fingerprint density at radius 3 is 2.00 bits per heavy atom. The van der Waals surface area contributed by atoms with Crippen LogP contribution in [0.5, 0.6) is 0 Å². The molecule has 0 bridgehead atoms. The Morgan fingerprint density at radius 1 is 1.27 bits per heavy atom. The van der Waals surface area contributed by atoms with Gasteiger partial charge in [0.1, 0.15) is 15.9 Å². The molecule has 0 aliphatic carbocycles. The molecule has 0 N–H and O–H groups in total. The number of rotatable bonds is 1. The van der Waals surface area contributed by atoms with Gasteiger partial charge < -0.3 is 0 Å². The summed E-state index contributed by atoms with van der Waals surface area (Å²) in [6, 6.07) is 3.62. The summed E-state index contributed by atoms with van der Waals surface area (Å²) in [5.74, 6) is -1.27. The van der Waals surface area contributed by atoms with E-state index >= 15 is 0 Å². The molecule has 0 saturated carbocycles. The first kappa shape index (κ1) is 8.94. The molecule has 0 aliphatic rings. The second kappa shape index (κ2) is 3.50. The minimum absolute atomic E-state index is 0.144. The molecule has 0 spiro atoms. The van der Waals surface area contributed by atoms with Gasteiger partial charge in [0.2, 0.25) is 0 Å². The molecule has 0 aliphatic heterocycles. The molecule has 11 heavy (non-hydrogen) atoms. The maximum atomic E-state index is 12.7. The van der Waals surface area contributed by atoms with Crippen molar-refractivity contribution in [2.24, 2.45) is 0 Å². The van der Waals surface area contributed by atoms with Crippen molar-refractivity contribution in [2.45, 2.75) is 4.29 Å². The lowest BCUT2D eigenvalue weighted by molar-refractivity contribution is 0.565. The number of benzene rings is 1. The van der Waals surface area contributed by atoms with Crippen LogP contribution in [0.4, 0.5) is 8.78 Å². The van der Waals surface area contributed by atoms with Crippen molar-refractivity contribution in [1.82, 2.24) is 0 Å². The van der Waals surface area contributed by atoms with Gasteiger partial charge >= 0.3 is 0 Å². The zero-order valence-electron chi connectivity index (χ0n) is 5.32. The van der Waals surface area contributed by atoms with Gasteiger partial charge in [0.05, 0.1) is 5.56 Å². The van der Waals surface area contributed by atoms with Crippen molar-refractivity contribution in [3.8, 4) is 0 Å². The van der Waals surface area contributed by atoms with Gasteiger partial charge in [-0.15, -0.1) is 11.6 Å². The van der Waals surface area contributed by atoms with Crippen LogP contribution in [0.1, 0.15) is 9.85 Å². The Kier molecular flexibility index (Phi) is 2.84. The quantitative estimate of drug-likeness (QED) is 0.659. The maximum absolute atomic E-state index is 12.7. The Labute approximate surface area is 76.3 Å². The zero-order valence-corrected chi connectivity index (χ0v) is 7.66. The molecule has 0 saturated heterocycles. The van der Waals surface area contributed by atoms with Crippen molar-refractivity contribution in [2.75, 3.05) is 0 Å². The normalized spacial score (nSPS) is 13.1. The number of hydrogen-bond acceptors (Lipinski definition) is 0. The molecule has 0 nitrogen and oxygen atoms in total.